The van der Waals surface area contributed by atoms with Crippen molar-refractivity contribution in [1.82, 2.24) is 0 Å². The molecule has 0 aromatic heterocycles. The second-order valence-electron chi connectivity index (χ2n) is 1.93. The maximum atomic E-state index is 12.3. The summed E-state index contributed by atoms with van der Waals surface area (Å²) < 4.78 is 24.6. The van der Waals surface area contributed by atoms with E-state index in [1.807, 2.05) is 0 Å². The Morgan fingerprint density at radius 2 is 1.71 bits per heavy atom. The number of nitrogens with zero attached hydrogens (tertiary/aromatic N) is 1. The summed E-state index contributed by atoms with van der Waals surface area (Å²) in [6, 6.07) is 2.58. The quantitative estimate of drug-likeness (QED) is 0.443. The van der Waals surface area contributed by atoms with E-state index < -0.39 is 11.6 Å². The van der Waals surface area contributed by atoms with Crippen molar-refractivity contribution in [2.75, 3.05) is 0 Å². The molecule has 1 aromatic rings. The van der Waals surface area contributed by atoms with Gasteiger partial charge < -0.3 is 0 Å². The van der Waals surface area contributed by atoms with Crippen LogP contribution >= 0.6 is 12.2 Å². The van der Waals surface area contributed by atoms with Gasteiger partial charge in [-0.25, -0.2) is 19.0 Å². The number of nitrogens with one attached hydrogen (secondary N) is 1. The molecule has 72 valence electrons. The smallest absolute Gasteiger partial charge is 0.240 e. The second-order valence-corrected chi connectivity index (χ2v) is 2.14. The number of isocyanates is 1. The molecule has 0 amide bonds. The standard InChI is InChI=1S/C7H3F2NO.CHNS/c8-5-1-6(9)3-7(2-5)10-4-11;2-1-3/h1-3H;2H. The molecule has 0 spiro atoms. The second kappa shape index (κ2) is 6.74. The highest BCUT2D eigenvalue weighted by Crippen LogP contribution is 2.14. The zero-order chi connectivity index (χ0) is 11.0. The Kier molecular flexibility index (Phi) is 5.90. The van der Waals surface area contributed by atoms with E-state index in [0.717, 1.165) is 12.1 Å². The summed E-state index contributed by atoms with van der Waals surface area (Å²) in [4.78, 5) is 12.7. The highest BCUT2D eigenvalue weighted by Gasteiger charge is 1.97. The lowest BCUT2D eigenvalue weighted by atomic mass is 10.3. The molecule has 0 aliphatic carbocycles. The van der Waals surface area contributed by atoms with E-state index in [9.17, 15) is 13.6 Å². The van der Waals surface area contributed by atoms with Crippen molar-refractivity contribution in [3.63, 3.8) is 0 Å². The zero-order valence-electron chi connectivity index (χ0n) is 6.75. The molecular formula is C8H4F2N2OS. The first-order chi connectivity index (χ1) is 6.63. The van der Waals surface area contributed by atoms with Crippen molar-refractivity contribution in [3.05, 3.63) is 29.8 Å². The van der Waals surface area contributed by atoms with E-state index in [4.69, 9.17) is 5.41 Å². The van der Waals surface area contributed by atoms with Crippen LogP contribution in [0.5, 0.6) is 0 Å². The average Bonchev–Trinajstić information content (AvgIpc) is 2.03. The van der Waals surface area contributed by atoms with Crippen LogP contribution in [0.25, 0.3) is 0 Å². The van der Waals surface area contributed by atoms with Crippen LogP contribution in [0.15, 0.2) is 23.2 Å². The number of isothiocyanates is 1. The van der Waals surface area contributed by atoms with Crippen molar-refractivity contribution in [1.29, 1.82) is 5.41 Å². The summed E-state index contributed by atoms with van der Waals surface area (Å²) in [6.07, 6.45) is 1.18. The molecule has 0 heterocycles. The van der Waals surface area contributed by atoms with E-state index in [-0.39, 0.29) is 5.69 Å². The van der Waals surface area contributed by atoms with Crippen LogP contribution in [0.3, 0.4) is 0 Å². The SMILES string of the molecule is N=C=S.O=C=Nc1cc(F)cc(F)c1. The third kappa shape index (κ3) is 5.00. The fourth-order valence-electron chi connectivity index (χ4n) is 0.657. The maximum absolute atomic E-state index is 12.3. The molecule has 0 aliphatic rings. The van der Waals surface area contributed by atoms with Crippen molar-refractivity contribution >= 4 is 29.1 Å². The first-order valence-electron chi connectivity index (χ1n) is 3.22. The van der Waals surface area contributed by atoms with Gasteiger partial charge in [0.05, 0.1) is 10.8 Å². The van der Waals surface area contributed by atoms with Crippen LogP contribution in [-0.4, -0.2) is 11.2 Å². The molecule has 14 heavy (non-hydrogen) atoms. The van der Waals surface area contributed by atoms with Gasteiger partial charge in [-0.3, -0.25) is 0 Å². The fraction of sp³-hybridized carbons (Fsp3) is 0. The lowest BCUT2D eigenvalue weighted by molar-refractivity contribution is 0.565. The number of rotatable bonds is 1. The number of hydrogen-bond acceptors (Lipinski definition) is 4. The van der Waals surface area contributed by atoms with Gasteiger partial charge in [0.1, 0.15) is 11.6 Å². The summed E-state index contributed by atoms with van der Waals surface area (Å²) >= 11 is 3.81. The van der Waals surface area contributed by atoms with E-state index in [2.05, 4.69) is 17.2 Å². The molecule has 0 atom stereocenters. The Morgan fingerprint density at radius 3 is 2.07 bits per heavy atom. The Hall–Kier alpha value is -1.74. The molecule has 0 saturated carbocycles. The number of thiocarbonyl (C=S) groups is 1. The van der Waals surface area contributed by atoms with Gasteiger partial charge in [-0.1, -0.05) is 0 Å². The Balaban J connectivity index is 0.000000500. The minimum absolute atomic E-state index is 0.0718. The first kappa shape index (κ1) is 12.3. The number of halogens is 2. The molecule has 0 radical (unpaired) electrons. The van der Waals surface area contributed by atoms with E-state index in [1.54, 1.807) is 5.16 Å². The van der Waals surface area contributed by atoms with Gasteiger partial charge in [0.15, 0.2) is 0 Å². The maximum Gasteiger partial charge on any atom is 0.240 e. The fourth-order valence-corrected chi connectivity index (χ4v) is 0.657. The third-order valence-electron chi connectivity index (χ3n) is 1.02. The molecule has 3 nitrogen and oxygen atoms in total. The van der Waals surface area contributed by atoms with Gasteiger partial charge in [-0.2, -0.15) is 4.99 Å². The van der Waals surface area contributed by atoms with Crippen molar-refractivity contribution in [2.45, 2.75) is 0 Å². The number of benzene rings is 1. The van der Waals surface area contributed by atoms with Crippen molar-refractivity contribution in [3.8, 4) is 0 Å². The predicted molar refractivity (Wildman–Crippen MR) is 49.5 cm³/mol. The molecule has 1 aromatic carbocycles. The molecule has 1 N–H and O–H groups in total. The molecule has 0 fully saturated rings. The minimum Gasteiger partial charge on any atom is -0.248 e. The Morgan fingerprint density at radius 1 is 1.29 bits per heavy atom. The van der Waals surface area contributed by atoms with Gasteiger partial charge in [0.2, 0.25) is 6.08 Å². The third-order valence-corrected chi connectivity index (χ3v) is 1.02. The molecule has 0 unspecified atom stereocenters. The van der Waals surface area contributed by atoms with Crippen LogP contribution in [0, 0.1) is 17.0 Å². The van der Waals surface area contributed by atoms with Gasteiger partial charge in [-0.05, 0) is 12.2 Å². The lowest BCUT2D eigenvalue weighted by Gasteiger charge is -1.91. The first-order valence-corrected chi connectivity index (χ1v) is 3.62. The molecule has 1 rings (SSSR count). The van der Waals surface area contributed by atoms with Gasteiger partial charge in [0, 0.05) is 18.2 Å². The average molecular weight is 214 g/mol. The zero-order valence-corrected chi connectivity index (χ0v) is 7.57. The van der Waals surface area contributed by atoms with Gasteiger partial charge in [0.25, 0.3) is 0 Å². The molecule has 0 saturated heterocycles. The summed E-state index contributed by atoms with van der Waals surface area (Å²) in [6.45, 7) is 0. The molecular weight excluding hydrogens is 210 g/mol. The largest absolute Gasteiger partial charge is 0.248 e. The van der Waals surface area contributed by atoms with Crippen LogP contribution < -0.4 is 0 Å². The number of aliphatic imine (C=N–C) groups is 1. The normalized spacial score (nSPS) is 7.57. The summed E-state index contributed by atoms with van der Waals surface area (Å²) in [7, 11) is 0. The van der Waals surface area contributed by atoms with Crippen LogP contribution in [-0.2, 0) is 4.79 Å². The van der Waals surface area contributed by atoms with Crippen LogP contribution in [0.1, 0.15) is 0 Å². The van der Waals surface area contributed by atoms with Crippen molar-refractivity contribution < 1.29 is 13.6 Å². The number of hydrogen-bond donors (Lipinski definition) is 1. The van der Waals surface area contributed by atoms with Crippen LogP contribution in [0.2, 0.25) is 0 Å². The monoisotopic (exact) mass is 214 g/mol. The summed E-state index contributed by atoms with van der Waals surface area (Å²) in [5, 5.41) is 7.36. The lowest BCUT2D eigenvalue weighted by Crippen LogP contribution is -1.77. The topological polar surface area (TPSA) is 53.3 Å². The van der Waals surface area contributed by atoms with E-state index in [0.29, 0.717) is 6.07 Å². The molecule has 0 aliphatic heterocycles. The van der Waals surface area contributed by atoms with E-state index >= 15 is 0 Å². The van der Waals surface area contributed by atoms with Gasteiger partial charge in [-0.15, -0.1) is 0 Å². The van der Waals surface area contributed by atoms with E-state index in [1.165, 1.54) is 6.08 Å². The Labute approximate surface area is 83.6 Å². The highest BCUT2D eigenvalue weighted by molar-refractivity contribution is 7.78. The van der Waals surface area contributed by atoms with Gasteiger partial charge >= 0.3 is 0 Å². The van der Waals surface area contributed by atoms with Crippen LogP contribution in [0.4, 0.5) is 14.5 Å². The minimum atomic E-state index is -0.765. The summed E-state index contributed by atoms with van der Waals surface area (Å²) in [5.41, 5.74) is -0.0718. The molecule has 0 bridgehead atoms. The van der Waals surface area contributed by atoms with Crippen molar-refractivity contribution in [2.24, 2.45) is 4.99 Å². The molecule has 6 heteroatoms. The Bertz CT molecular complexity index is 376. The summed E-state index contributed by atoms with van der Waals surface area (Å²) in [5.74, 6) is -1.53. The predicted octanol–water partition coefficient (Wildman–Crippen LogP) is 2.60. The highest BCUT2D eigenvalue weighted by atomic mass is 32.1. The number of carbonyl (C=O) groups excluding carboxylic acids is 1.